The zero-order chi connectivity index (χ0) is 20.5. The van der Waals surface area contributed by atoms with Gasteiger partial charge in [-0.1, -0.05) is 24.3 Å². The van der Waals surface area contributed by atoms with Crippen molar-refractivity contribution in [3.63, 3.8) is 0 Å². The Morgan fingerprint density at radius 3 is 2.47 bits per heavy atom. The van der Waals surface area contributed by atoms with Gasteiger partial charge in [-0.3, -0.25) is 4.99 Å². The van der Waals surface area contributed by atoms with Crippen LogP contribution < -0.4 is 20.1 Å². The molecule has 3 rings (SSSR count). The number of benzene rings is 1. The molecule has 9 heteroatoms. The van der Waals surface area contributed by atoms with Crippen molar-refractivity contribution in [2.24, 2.45) is 4.99 Å². The fourth-order valence-corrected chi connectivity index (χ4v) is 3.27. The van der Waals surface area contributed by atoms with Crippen molar-refractivity contribution in [1.82, 2.24) is 15.6 Å². The largest absolute Gasteiger partial charge is 0.474 e. The van der Waals surface area contributed by atoms with Crippen LogP contribution in [-0.2, 0) is 13.1 Å². The molecule has 0 radical (unpaired) electrons. The van der Waals surface area contributed by atoms with Gasteiger partial charge < -0.3 is 20.1 Å². The number of pyridine rings is 1. The Labute approximate surface area is 192 Å². The van der Waals surface area contributed by atoms with Crippen LogP contribution >= 0.6 is 24.0 Å². The van der Waals surface area contributed by atoms with Gasteiger partial charge in [0.15, 0.2) is 5.96 Å². The summed E-state index contributed by atoms with van der Waals surface area (Å²) in [6.07, 6.45) is 6.46. The quantitative estimate of drug-likeness (QED) is 0.298. The first-order chi connectivity index (χ1) is 14.2. The van der Waals surface area contributed by atoms with Crippen molar-refractivity contribution in [2.45, 2.75) is 51.5 Å². The molecule has 0 amide bonds. The van der Waals surface area contributed by atoms with Crippen LogP contribution in [0.2, 0.25) is 0 Å². The fourth-order valence-electron chi connectivity index (χ4n) is 3.27. The van der Waals surface area contributed by atoms with Gasteiger partial charge in [0, 0.05) is 37.5 Å². The Hall–Kier alpha value is -2.17. The normalized spacial score (nSPS) is 14.3. The summed E-state index contributed by atoms with van der Waals surface area (Å²) >= 11 is 0. The Morgan fingerprint density at radius 2 is 1.77 bits per heavy atom. The third kappa shape index (κ3) is 7.26. The molecule has 164 valence electrons. The number of halogens is 3. The Morgan fingerprint density at radius 1 is 1.10 bits per heavy atom. The lowest BCUT2D eigenvalue weighted by molar-refractivity contribution is -0.0504. The lowest BCUT2D eigenvalue weighted by Gasteiger charge is -2.17. The molecular formula is C21H27F2IN4O2. The van der Waals surface area contributed by atoms with Gasteiger partial charge >= 0.3 is 6.61 Å². The third-order valence-corrected chi connectivity index (χ3v) is 4.74. The second-order valence-corrected chi connectivity index (χ2v) is 6.76. The summed E-state index contributed by atoms with van der Waals surface area (Å²) < 4.78 is 35.7. The lowest BCUT2D eigenvalue weighted by atomic mass is 10.2. The van der Waals surface area contributed by atoms with E-state index in [0.717, 1.165) is 18.4 Å². The van der Waals surface area contributed by atoms with Crippen molar-refractivity contribution in [1.29, 1.82) is 0 Å². The Bertz CT molecular complexity index is 817. The minimum atomic E-state index is -2.86. The predicted octanol–water partition coefficient (Wildman–Crippen LogP) is 4.49. The summed E-state index contributed by atoms with van der Waals surface area (Å²) in [4.78, 5) is 8.55. The van der Waals surface area contributed by atoms with Crippen LogP contribution in [0, 0.1) is 0 Å². The van der Waals surface area contributed by atoms with E-state index >= 15 is 0 Å². The van der Waals surface area contributed by atoms with Crippen molar-refractivity contribution >= 4 is 29.9 Å². The van der Waals surface area contributed by atoms with Crippen molar-refractivity contribution in [3.05, 3.63) is 53.7 Å². The smallest absolute Gasteiger partial charge is 0.387 e. The maximum Gasteiger partial charge on any atom is 0.387 e. The van der Waals surface area contributed by atoms with E-state index in [4.69, 9.17) is 4.74 Å². The molecule has 2 N–H and O–H groups in total. The first-order valence-electron chi connectivity index (χ1n) is 9.73. The molecule has 1 aromatic carbocycles. The van der Waals surface area contributed by atoms with E-state index in [1.54, 1.807) is 31.4 Å². The van der Waals surface area contributed by atoms with E-state index < -0.39 is 6.61 Å². The highest BCUT2D eigenvalue weighted by Gasteiger charge is 2.18. The number of rotatable bonds is 8. The number of nitrogens with zero attached hydrogens (tertiary/aromatic N) is 2. The van der Waals surface area contributed by atoms with Crippen LogP contribution in [0.15, 0.2) is 47.6 Å². The first-order valence-corrected chi connectivity index (χ1v) is 9.73. The second-order valence-electron chi connectivity index (χ2n) is 6.76. The van der Waals surface area contributed by atoms with Crippen LogP contribution in [0.5, 0.6) is 11.6 Å². The molecule has 1 fully saturated rings. The van der Waals surface area contributed by atoms with Gasteiger partial charge in [0.1, 0.15) is 11.9 Å². The average molecular weight is 532 g/mol. The first kappa shape index (κ1) is 24.1. The highest BCUT2D eigenvalue weighted by Crippen LogP contribution is 2.25. The van der Waals surface area contributed by atoms with Crippen LogP contribution in [-0.4, -0.2) is 30.7 Å². The topological polar surface area (TPSA) is 67.8 Å². The number of ether oxygens (including phenoxy) is 2. The zero-order valence-electron chi connectivity index (χ0n) is 16.8. The van der Waals surface area contributed by atoms with Crippen molar-refractivity contribution in [2.75, 3.05) is 7.05 Å². The Kier molecular flexibility index (Phi) is 10.0. The molecule has 1 aromatic heterocycles. The molecule has 0 spiro atoms. The van der Waals surface area contributed by atoms with Gasteiger partial charge in [-0.05, 0) is 37.8 Å². The summed E-state index contributed by atoms with van der Waals surface area (Å²) in [6.45, 7) is -2.09. The number of hydrogen-bond donors (Lipinski definition) is 2. The summed E-state index contributed by atoms with van der Waals surface area (Å²) in [5, 5.41) is 6.33. The average Bonchev–Trinajstić information content (AvgIpc) is 3.23. The molecule has 0 atom stereocenters. The summed E-state index contributed by atoms with van der Waals surface area (Å²) in [7, 11) is 1.65. The molecular weight excluding hydrogens is 505 g/mol. The van der Waals surface area contributed by atoms with E-state index in [-0.39, 0.29) is 35.8 Å². The van der Waals surface area contributed by atoms with Gasteiger partial charge in [-0.25, -0.2) is 4.98 Å². The van der Waals surface area contributed by atoms with E-state index in [0.29, 0.717) is 30.5 Å². The minimum absolute atomic E-state index is 0. The maximum atomic E-state index is 12.6. The number of guanidine groups is 1. The number of aliphatic imine (C=N–C) groups is 1. The maximum absolute atomic E-state index is 12.6. The number of aromatic nitrogens is 1. The number of hydrogen-bond acceptors (Lipinski definition) is 4. The minimum Gasteiger partial charge on any atom is -0.474 e. The second kappa shape index (κ2) is 12.5. The summed E-state index contributed by atoms with van der Waals surface area (Å²) in [5.74, 6) is 1.32. The lowest BCUT2D eigenvalue weighted by Crippen LogP contribution is -2.36. The molecule has 1 aliphatic carbocycles. The van der Waals surface area contributed by atoms with Gasteiger partial charge in [0.25, 0.3) is 0 Å². The predicted molar refractivity (Wildman–Crippen MR) is 123 cm³/mol. The molecule has 1 saturated carbocycles. The third-order valence-electron chi connectivity index (χ3n) is 4.74. The van der Waals surface area contributed by atoms with Crippen molar-refractivity contribution < 1.29 is 18.3 Å². The monoisotopic (exact) mass is 532 g/mol. The SMILES string of the molecule is CN=C(NCc1ccccc1OC(F)F)NCc1cccnc1OC1CCCC1.I. The van der Waals surface area contributed by atoms with Crippen LogP contribution in [0.4, 0.5) is 8.78 Å². The summed E-state index contributed by atoms with van der Waals surface area (Å²) in [5.41, 5.74) is 1.55. The van der Waals surface area contributed by atoms with Crippen molar-refractivity contribution in [3.8, 4) is 11.6 Å². The number of alkyl halides is 2. The summed E-state index contributed by atoms with van der Waals surface area (Å²) in [6, 6.07) is 10.5. The standard InChI is InChI=1S/C21H26F2N4O2.HI/c1-24-21(26-13-15-7-2-5-11-18(15)29-20(22)23)27-14-16-8-6-12-25-19(16)28-17-9-3-4-10-17;/h2,5-8,11-12,17,20H,3-4,9-10,13-14H2,1H3,(H2,24,26,27);1H. The molecule has 6 nitrogen and oxygen atoms in total. The molecule has 0 saturated heterocycles. The van der Waals surface area contributed by atoms with E-state index in [2.05, 4.69) is 25.3 Å². The fraction of sp³-hybridized carbons (Fsp3) is 0.429. The molecule has 0 aliphatic heterocycles. The van der Waals surface area contributed by atoms with Crippen LogP contribution in [0.3, 0.4) is 0 Å². The van der Waals surface area contributed by atoms with Gasteiger partial charge in [0.2, 0.25) is 5.88 Å². The highest BCUT2D eigenvalue weighted by molar-refractivity contribution is 14.0. The van der Waals surface area contributed by atoms with E-state index in [1.165, 1.54) is 18.9 Å². The molecule has 1 aliphatic rings. The van der Waals surface area contributed by atoms with E-state index in [9.17, 15) is 8.78 Å². The molecule has 0 bridgehead atoms. The van der Waals surface area contributed by atoms with Gasteiger partial charge in [-0.15, -0.1) is 24.0 Å². The number of nitrogens with one attached hydrogen (secondary N) is 2. The highest BCUT2D eigenvalue weighted by atomic mass is 127. The Balaban J connectivity index is 0.00000320. The number of para-hydroxylation sites is 1. The van der Waals surface area contributed by atoms with E-state index in [1.807, 2.05) is 12.1 Å². The van der Waals surface area contributed by atoms with Crippen LogP contribution in [0.25, 0.3) is 0 Å². The zero-order valence-corrected chi connectivity index (χ0v) is 19.1. The van der Waals surface area contributed by atoms with Crippen LogP contribution in [0.1, 0.15) is 36.8 Å². The molecule has 2 aromatic rings. The molecule has 30 heavy (non-hydrogen) atoms. The van der Waals surface area contributed by atoms with Gasteiger partial charge in [0.05, 0.1) is 0 Å². The van der Waals surface area contributed by atoms with Gasteiger partial charge in [-0.2, -0.15) is 8.78 Å². The molecule has 0 unspecified atom stereocenters. The molecule has 1 heterocycles.